The first-order valence-electron chi connectivity index (χ1n) is 8.90. The van der Waals surface area contributed by atoms with Crippen molar-refractivity contribution < 1.29 is 14.3 Å². The Kier molecular flexibility index (Phi) is 8.75. The summed E-state index contributed by atoms with van der Waals surface area (Å²) in [5.74, 6) is -0.217. The topological polar surface area (TPSA) is 81.2 Å². The molecule has 0 unspecified atom stereocenters. The van der Waals surface area contributed by atoms with Crippen LogP contribution in [0.5, 0.6) is 0 Å². The van der Waals surface area contributed by atoms with E-state index >= 15 is 0 Å². The number of methoxy groups -OCH3 is 1. The van der Waals surface area contributed by atoms with Gasteiger partial charge in [0.25, 0.3) is 0 Å². The molecule has 0 aliphatic rings. The largest absolute Gasteiger partial charge is 0.469 e. The Labute approximate surface area is 158 Å². The average molecular weight is 375 g/mol. The fourth-order valence-electron chi connectivity index (χ4n) is 2.49. The second-order valence-corrected chi connectivity index (χ2v) is 7.09. The van der Waals surface area contributed by atoms with Gasteiger partial charge in [0.15, 0.2) is 0 Å². The standard InChI is InChI=1S/C19H25N3O3S/c1-25-18(24)12-8-3-2-7-11-16(23)20-19-22-21-17(26-19)14-13-15-9-5-4-6-10-15/h4-6,9-10H,2-3,7-8,11-14H2,1H3,(H,20,22,23). The zero-order valence-electron chi connectivity index (χ0n) is 15.1. The first-order chi connectivity index (χ1) is 12.7. The number of rotatable bonds is 11. The third kappa shape index (κ3) is 7.74. The summed E-state index contributed by atoms with van der Waals surface area (Å²) in [6.45, 7) is 0. The van der Waals surface area contributed by atoms with Crippen LogP contribution in [0.25, 0.3) is 0 Å². The maximum absolute atomic E-state index is 11.9. The lowest BCUT2D eigenvalue weighted by Gasteiger charge is -2.02. The molecule has 0 atom stereocenters. The predicted octanol–water partition coefficient (Wildman–Crippen LogP) is 3.78. The number of benzene rings is 1. The van der Waals surface area contributed by atoms with Crippen LogP contribution in [-0.2, 0) is 27.2 Å². The van der Waals surface area contributed by atoms with Crippen LogP contribution in [-0.4, -0.2) is 29.2 Å². The Morgan fingerprint density at radius 1 is 1.00 bits per heavy atom. The highest BCUT2D eigenvalue weighted by Gasteiger charge is 2.08. The normalized spacial score (nSPS) is 10.5. The summed E-state index contributed by atoms with van der Waals surface area (Å²) < 4.78 is 4.59. The molecule has 6 nitrogen and oxygen atoms in total. The Hall–Kier alpha value is -2.28. The van der Waals surface area contributed by atoms with Crippen molar-refractivity contribution in [2.24, 2.45) is 0 Å². The van der Waals surface area contributed by atoms with Crippen molar-refractivity contribution in [1.29, 1.82) is 0 Å². The maximum Gasteiger partial charge on any atom is 0.305 e. The number of aryl methyl sites for hydroxylation is 2. The molecule has 2 rings (SSSR count). The van der Waals surface area contributed by atoms with Crippen LogP contribution in [0.1, 0.15) is 49.1 Å². The van der Waals surface area contributed by atoms with E-state index in [0.717, 1.165) is 43.5 Å². The van der Waals surface area contributed by atoms with Crippen LogP contribution in [0.4, 0.5) is 5.13 Å². The Balaban J connectivity index is 1.60. The van der Waals surface area contributed by atoms with Gasteiger partial charge in [0, 0.05) is 19.3 Å². The molecule has 2 aromatic rings. The summed E-state index contributed by atoms with van der Waals surface area (Å²) in [6.07, 6.45) is 6.07. The van der Waals surface area contributed by atoms with Crippen LogP contribution in [0.3, 0.4) is 0 Å². The monoisotopic (exact) mass is 375 g/mol. The van der Waals surface area contributed by atoms with Crippen LogP contribution in [0, 0.1) is 0 Å². The minimum Gasteiger partial charge on any atom is -0.469 e. The average Bonchev–Trinajstić information content (AvgIpc) is 3.10. The van der Waals surface area contributed by atoms with E-state index in [1.807, 2.05) is 18.2 Å². The van der Waals surface area contributed by atoms with E-state index in [1.54, 1.807) is 0 Å². The highest BCUT2D eigenvalue weighted by atomic mass is 32.1. The SMILES string of the molecule is COC(=O)CCCCCCC(=O)Nc1nnc(CCc2ccccc2)s1. The molecule has 1 aromatic carbocycles. The van der Waals surface area contributed by atoms with Gasteiger partial charge in [-0.15, -0.1) is 10.2 Å². The predicted molar refractivity (Wildman–Crippen MR) is 102 cm³/mol. The Bertz CT molecular complexity index is 688. The molecule has 0 saturated heterocycles. The number of unbranched alkanes of at least 4 members (excludes halogenated alkanes) is 3. The van der Waals surface area contributed by atoms with Gasteiger partial charge in [-0.3, -0.25) is 9.59 Å². The van der Waals surface area contributed by atoms with Crippen molar-refractivity contribution in [3.63, 3.8) is 0 Å². The molecular weight excluding hydrogens is 350 g/mol. The van der Waals surface area contributed by atoms with Crippen molar-refractivity contribution in [2.75, 3.05) is 12.4 Å². The lowest BCUT2D eigenvalue weighted by molar-refractivity contribution is -0.140. The number of ether oxygens (including phenoxy) is 1. The zero-order chi connectivity index (χ0) is 18.6. The van der Waals surface area contributed by atoms with Crippen molar-refractivity contribution in [1.82, 2.24) is 10.2 Å². The van der Waals surface area contributed by atoms with E-state index in [0.29, 0.717) is 18.0 Å². The summed E-state index contributed by atoms with van der Waals surface area (Å²) in [7, 11) is 1.40. The lowest BCUT2D eigenvalue weighted by atomic mass is 10.1. The number of aromatic nitrogens is 2. The van der Waals surface area contributed by atoms with Crippen molar-refractivity contribution >= 4 is 28.3 Å². The van der Waals surface area contributed by atoms with E-state index in [1.165, 1.54) is 24.0 Å². The number of hydrogen-bond donors (Lipinski definition) is 1. The zero-order valence-corrected chi connectivity index (χ0v) is 15.9. The molecule has 1 aromatic heterocycles. The molecule has 1 N–H and O–H groups in total. The molecule has 1 heterocycles. The van der Waals surface area contributed by atoms with E-state index in [2.05, 4.69) is 32.4 Å². The van der Waals surface area contributed by atoms with E-state index < -0.39 is 0 Å². The maximum atomic E-state index is 11.9. The summed E-state index contributed by atoms with van der Waals surface area (Å²) >= 11 is 1.43. The number of amides is 1. The van der Waals surface area contributed by atoms with Crippen LogP contribution < -0.4 is 5.32 Å². The number of esters is 1. The van der Waals surface area contributed by atoms with E-state index in [-0.39, 0.29) is 11.9 Å². The summed E-state index contributed by atoms with van der Waals surface area (Å²) in [5.41, 5.74) is 1.26. The Morgan fingerprint density at radius 2 is 1.73 bits per heavy atom. The molecule has 0 bridgehead atoms. The smallest absolute Gasteiger partial charge is 0.305 e. The van der Waals surface area contributed by atoms with Gasteiger partial charge < -0.3 is 10.1 Å². The summed E-state index contributed by atoms with van der Waals surface area (Å²) in [5, 5.41) is 12.5. The van der Waals surface area contributed by atoms with Gasteiger partial charge in [-0.1, -0.05) is 54.5 Å². The highest BCUT2D eigenvalue weighted by Crippen LogP contribution is 2.18. The van der Waals surface area contributed by atoms with Gasteiger partial charge in [0.2, 0.25) is 11.0 Å². The first kappa shape index (κ1) is 20.0. The summed E-state index contributed by atoms with van der Waals surface area (Å²) in [6, 6.07) is 10.2. The third-order valence-corrected chi connectivity index (χ3v) is 4.84. The number of carbonyl (C=O) groups is 2. The number of carbonyl (C=O) groups excluding carboxylic acids is 2. The van der Waals surface area contributed by atoms with Crippen molar-refractivity contribution in [3.8, 4) is 0 Å². The van der Waals surface area contributed by atoms with Crippen molar-refractivity contribution in [3.05, 3.63) is 40.9 Å². The van der Waals surface area contributed by atoms with Crippen LogP contribution in [0.2, 0.25) is 0 Å². The molecule has 0 spiro atoms. The molecule has 0 aliphatic carbocycles. The quantitative estimate of drug-likeness (QED) is 0.477. The molecule has 7 heteroatoms. The molecular formula is C19H25N3O3S. The molecule has 0 fully saturated rings. The fraction of sp³-hybridized carbons (Fsp3) is 0.474. The van der Waals surface area contributed by atoms with E-state index in [4.69, 9.17) is 0 Å². The highest BCUT2D eigenvalue weighted by molar-refractivity contribution is 7.15. The van der Waals surface area contributed by atoms with Crippen LogP contribution in [0.15, 0.2) is 30.3 Å². The molecule has 140 valence electrons. The second kappa shape index (κ2) is 11.4. The van der Waals surface area contributed by atoms with Gasteiger partial charge in [0.05, 0.1) is 7.11 Å². The molecule has 0 saturated carbocycles. The van der Waals surface area contributed by atoms with Gasteiger partial charge in [0.1, 0.15) is 5.01 Å². The lowest BCUT2D eigenvalue weighted by Crippen LogP contribution is -2.10. The number of nitrogens with zero attached hydrogens (tertiary/aromatic N) is 2. The Morgan fingerprint density at radius 3 is 2.46 bits per heavy atom. The summed E-state index contributed by atoms with van der Waals surface area (Å²) in [4.78, 5) is 22.9. The number of anilines is 1. The second-order valence-electron chi connectivity index (χ2n) is 6.03. The fourth-order valence-corrected chi connectivity index (χ4v) is 3.25. The number of hydrogen-bond acceptors (Lipinski definition) is 6. The molecule has 26 heavy (non-hydrogen) atoms. The molecule has 0 aliphatic heterocycles. The minimum absolute atomic E-state index is 0.0382. The first-order valence-corrected chi connectivity index (χ1v) is 9.72. The molecule has 0 radical (unpaired) electrons. The van der Waals surface area contributed by atoms with Crippen molar-refractivity contribution in [2.45, 2.75) is 51.4 Å². The van der Waals surface area contributed by atoms with Gasteiger partial charge in [-0.05, 0) is 24.8 Å². The molecule has 1 amide bonds. The van der Waals surface area contributed by atoms with Crippen LogP contribution >= 0.6 is 11.3 Å². The third-order valence-electron chi connectivity index (χ3n) is 3.95. The van der Waals surface area contributed by atoms with Gasteiger partial charge >= 0.3 is 5.97 Å². The minimum atomic E-state index is -0.179. The van der Waals surface area contributed by atoms with Gasteiger partial charge in [-0.2, -0.15) is 0 Å². The van der Waals surface area contributed by atoms with E-state index in [9.17, 15) is 9.59 Å². The number of nitrogens with one attached hydrogen (secondary N) is 1. The van der Waals surface area contributed by atoms with Gasteiger partial charge in [-0.25, -0.2) is 0 Å².